The Kier molecular flexibility index (Phi) is 4.40. The fraction of sp³-hybridized carbons (Fsp3) is 0.333. The number of rotatable bonds is 5. The van der Waals surface area contributed by atoms with Crippen molar-refractivity contribution >= 4 is 11.6 Å². The van der Waals surface area contributed by atoms with Crippen LogP contribution in [0.25, 0.3) is 0 Å². The predicted octanol–water partition coefficient (Wildman–Crippen LogP) is 2.11. The third-order valence-electron chi connectivity index (χ3n) is 3.18. The number of anilines is 1. The first-order chi connectivity index (χ1) is 9.58. The summed E-state index contributed by atoms with van der Waals surface area (Å²) in [4.78, 5) is 11.3. The second-order valence-corrected chi connectivity index (χ2v) is 4.88. The number of hydrogen-bond donors (Lipinski definition) is 2. The van der Waals surface area contributed by atoms with E-state index in [2.05, 4.69) is 53.8 Å². The standard InChI is InChI=1S/C15H20N4O/c1-11-4-6-13(7-5-11)12(2)18-14-8-17-19(9-14)10-15(20)16-3/h4-9,12,18H,10H2,1-3H3,(H,16,20). The van der Waals surface area contributed by atoms with Gasteiger partial charge in [0.05, 0.1) is 11.9 Å². The molecular weight excluding hydrogens is 252 g/mol. The van der Waals surface area contributed by atoms with Gasteiger partial charge < -0.3 is 10.6 Å². The van der Waals surface area contributed by atoms with Crippen LogP contribution in [0, 0.1) is 6.92 Å². The van der Waals surface area contributed by atoms with Crippen molar-refractivity contribution in [2.24, 2.45) is 0 Å². The molecule has 1 amide bonds. The largest absolute Gasteiger partial charge is 0.376 e. The number of amides is 1. The third-order valence-corrected chi connectivity index (χ3v) is 3.18. The Morgan fingerprint density at radius 1 is 1.35 bits per heavy atom. The van der Waals surface area contributed by atoms with Crippen LogP contribution in [0.15, 0.2) is 36.7 Å². The molecule has 0 radical (unpaired) electrons. The van der Waals surface area contributed by atoms with Crippen LogP contribution in [0.4, 0.5) is 5.69 Å². The average molecular weight is 272 g/mol. The number of nitrogens with zero attached hydrogens (tertiary/aromatic N) is 2. The number of likely N-dealkylation sites (N-methyl/N-ethyl adjacent to an activating group) is 1. The second-order valence-electron chi connectivity index (χ2n) is 4.88. The van der Waals surface area contributed by atoms with Crippen molar-refractivity contribution in [2.45, 2.75) is 26.4 Å². The van der Waals surface area contributed by atoms with E-state index in [0.717, 1.165) is 5.69 Å². The molecule has 0 aliphatic heterocycles. The van der Waals surface area contributed by atoms with Crippen molar-refractivity contribution < 1.29 is 4.79 Å². The maximum absolute atomic E-state index is 11.3. The molecule has 0 spiro atoms. The van der Waals surface area contributed by atoms with Crippen molar-refractivity contribution in [3.05, 3.63) is 47.8 Å². The molecule has 20 heavy (non-hydrogen) atoms. The Labute approximate surface area is 119 Å². The van der Waals surface area contributed by atoms with Gasteiger partial charge in [-0.1, -0.05) is 29.8 Å². The Morgan fingerprint density at radius 2 is 2.05 bits per heavy atom. The Morgan fingerprint density at radius 3 is 2.70 bits per heavy atom. The van der Waals surface area contributed by atoms with Crippen molar-refractivity contribution in [3.8, 4) is 0 Å². The molecule has 2 aromatic rings. The minimum absolute atomic E-state index is 0.0637. The van der Waals surface area contributed by atoms with Gasteiger partial charge in [-0.15, -0.1) is 0 Å². The van der Waals surface area contributed by atoms with Crippen LogP contribution in [-0.4, -0.2) is 22.7 Å². The van der Waals surface area contributed by atoms with Gasteiger partial charge in [-0.05, 0) is 19.4 Å². The number of carbonyl (C=O) groups excluding carboxylic acids is 1. The zero-order valence-corrected chi connectivity index (χ0v) is 12.1. The molecule has 0 fully saturated rings. The van der Waals surface area contributed by atoms with Gasteiger partial charge in [0.1, 0.15) is 6.54 Å². The molecule has 2 rings (SSSR count). The lowest BCUT2D eigenvalue weighted by Gasteiger charge is -2.14. The lowest BCUT2D eigenvalue weighted by Crippen LogP contribution is -2.23. The van der Waals surface area contributed by atoms with E-state index in [1.807, 2.05) is 6.20 Å². The normalized spacial score (nSPS) is 11.9. The van der Waals surface area contributed by atoms with Crippen LogP contribution in [0.5, 0.6) is 0 Å². The summed E-state index contributed by atoms with van der Waals surface area (Å²) in [5, 5.41) is 10.1. The quantitative estimate of drug-likeness (QED) is 0.876. The smallest absolute Gasteiger partial charge is 0.241 e. The van der Waals surface area contributed by atoms with Gasteiger partial charge in [0, 0.05) is 19.3 Å². The monoisotopic (exact) mass is 272 g/mol. The molecule has 0 aliphatic carbocycles. The van der Waals surface area contributed by atoms with Crippen molar-refractivity contribution in [3.63, 3.8) is 0 Å². The highest BCUT2D eigenvalue weighted by Crippen LogP contribution is 2.19. The molecule has 1 heterocycles. The van der Waals surface area contributed by atoms with Gasteiger partial charge in [-0.3, -0.25) is 9.48 Å². The van der Waals surface area contributed by atoms with E-state index >= 15 is 0 Å². The van der Waals surface area contributed by atoms with Gasteiger partial charge in [0.15, 0.2) is 0 Å². The van der Waals surface area contributed by atoms with Crippen LogP contribution in [0.2, 0.25) is 0 Å². The summed E-state index contributed by atoms with van der Waals surface area (Å²) in [5.74, 6) is -0.0637. The zero-order chi connectivity index (χ0) is 14.5. The van der Waals surface area contributed by atoms with Gasteiger partial charge >= 0.3 is 0 Å². The van der Waals surface area contributed by atoms with E-state index < -0.39 is 0 Å². The molecule has 0 bridgehead atoms. The van der Waals surface area contributed by atoms with Crippen LogP contribution >= 0.6 is 0 Å². The highest BCUT2D eigenvalue weighted by Gasteiger charge is 2.07. The van der Waals surface area contributed by atoms with Crippen molar-refractivity contribution in [2.75, 3.05) is 12.4 Å². The minimum Gasteiger partial charge on any atom is -0.376 e. The van der Waals surface area contributed by atoms with E-state index in [-0.39, 0.29) is 18.5 Å². The number of nitrogens with one attached hydrogen (secondary N) is 2. The number of aromatic nitrogens is 2. The summed E-state index contributed by atoms with van der Waals surface area (Å²) < 4.78 is 1.61. The first-order valence-corrected chi connectivity index (χ1v) is 6.64. The van der Waals surface area contributed by atoms with E-state index in [4.69, 9.17) is 0 Å². The fourth-order valence-electron chi connectivity index (χ4n) is 1.94. The fourth-order valence-corrected chi connectivity index (χ4v) is 1.94. The lowest BCUT2D eigenvalue weighted by molar-refractivity contribution is -0.121. The Balaban J connectivity index is 1.99. The average Bonchev–Trinajstić information content (AvgIpc) is 2.86. The molecule has 0 saturated carbocycles. The summed E-state index contributed by atoms with van der Waals surface area (Å²) in [6.07, 6.45) is 3.56. The SMILES string of the molecule is CNC(=O)Cn1cc(NC(C)c2ccc(C)cc2)cn1. The highest BCUT2D eigenvalue weighted by atomic mass is 16.1. The molecule has 2 N–H and O–H groups in total. The maximum atomic E-state index is 11.3. The summed E-state index contributed by atoms with van der Waals surface area (Å²) in [7, 11) is 1.62. The molecule has 1 aromatic heterocycles. The number of hydrogen-bond acceptors (Lipinski definition) is 3. The van der Waals surface area contributed by atoms with Gasteiger partial charge in [-0.2, -0.15) is 5.10 Å². The van der Waals surface area contributed by atoms with Gasteiger partial charge in [-0.25, -0.2) is 0 Å². The topological polar surface area (TPSA) is 59.0 Å². The summed E-state index contributed by atoms with van der Waals surface area (Å²) in [6.45, 7) is 4.41. The highest BCUT2D eigenvalue weighted by molar-refractivity contribution is 5.75. The predicted molar refractivity (Wildman–Crippen MR) is 79.5 cm³/mol. The first kappa shape index (κ1) is 14.1. The van der Waals surface area contributed by atoms with E-state index in [1.54, 1.807) is 17.9 Å². The molecular formula is C15H20N4O. The van der Waals surface area contributed by atoms with E-state index in [9.17, 15) is 4.79 Å². The van der Waals surface area contributed by atoms with Gasteiger partial charge in [0.25, 0.3) is 0 Å². The number of aryl methyl sites for hydroxylation is 1. The molecule has 5 nitrogen and oxygen atoms in total. The molecule has 5 heteroatoms. The van der Waals surface area contributed by atoms with Crippen LogP contribution in [0.3, 0.4) is 0 Å². The lowest BCUT2D eigenvalue weighted by atomic mass is 10.1. The summed E-state index contributed by atoms with van der Waals surface area (Å²) in [6, 6.07) is 8.61. The van der Waals surface area contributed by atoms with E-state index in [0.29, 0.717) is 0 Å². The van der Waals surface area contributed by atoms with Crippen LogP contribution in [0.1, 0.15) is 24.1 Å². The molecule has 1 unspecified atom stereocenters. The number of benzene rings is 1. The minimum atomic E-state index is -0.0637. The van der Waals surface area contributed by atoms with Crippen LogP contribution < -0.4 is 10.6 Å². The van der Waals surface area contributed by atoms with Crippen LogP contribution in [-0.2, 0) is 11.3 Å². The summed E-state index contributed by atoms with van der Waals surface area (Å²) in [5.41, 5.74) is 3.37. The molecule has 1 atom stereocenters. The van der Waals surface area contributed by atoms with Crippen molar-refractivity contribution in [1.82, 2.24) is 15.1 Å². The molecule has 0 aliphatic rings. The molecule has 1 aromatic carbocycles. The first-order valence-electron chi connectivity index (χ1n) is 6.64. The number of carbonyl (C=O) groups is 1. The van der Waals surface area contributed by atoms with E-state index in [1.165, 1.54) is 11.1 Å². The maximum Gasteiger partial charge on any atom is 0.241 e. The third kappa shape index (κ3) is 3.60. The molecule has 0 saturated heterocycles. The summed E-state index contributed by atoms with van der Waals surface area (Å²) >= 11 is 0. The Hall–Kier alpha value is -2.30. The van der Waals surface area contributed by atoms with Gasteiger partial charge in [0.2, 0.25) is 5.91 Å². The second kappa shape index (κ2) is 6.23. The molecule has 106 valence electrons. The van der Waals surface area contributed by atoms with Crippen molar-refractivity contribution in [1.29, 1.82) is 0 Å². The Bertz CT molecular complexity index is 574. The zero-order valence-electron chi connectivity index (χ0n) is 12.1.